The highest BCUT2D eigenvalue weighted by Crippen LogP contribution is 2.04. The van der Waals surface area contributed by atoms with E-state index in [0.29, 0.717) is 6.42 Å². The molecule has 3 heteroatoms. The van der Waals surface area contributed by atoms with Crippen molar-refractivity contribution in [2.75, 3.05) is 6.61 Å². The van der Waals surface area contributed by atoms with Crippen LogP contribution in [0.2, 0.25) is 0 Å². The van der Waals surface area contributed by atoms with Gasteiger partial charge in [-0.25, -0.2) is 0 Å². The van der Waals surface area contributed by atoms with Gasteiger partial charge in [-0.2, -0.15) is 0 Å². The van der Waals surface area contributed by atoms with Crippen molar-refractivity contribution in [2.24, 2.45) is 0 Å². The summed E-state index contributed by atoms with van der Waals surface area (Å²) in [5.74, 6) is -0.216. The molecule has 0 unspecified atom stereocenters. The van der Waals surface area contributed by atoms with E-state index in [1.165, 1.54) is 25.7 Å². The number of hydrogen-bond donors (Lipinski definition) is 1. The summed E-state index contributed by atoms with van der Waals surface area (Å²) in [5.41, 5.74) is 0. The number of aliphatic hydroxyl groups is 1. The first-order chi connectivity index (χ1) is 11.7. The second-order valence-corrected chi connectivity index (χ2v) is 6.11. The van der Waals surface area contributed by atoms with Crippen molar-refractivity contribution >= 4 is 5.97 Å². The molecule has 1 N–H and O–H groups in total. The Hall–Kier alpha value is -1.35. The van der Waals surface area contributed by atoms with Gasteiger partial charge < -0.3 is 9.84 Å². The van der Waals surface area contributed by atoms with E-state index in [1.54, 1.807) is 6.92 Å². The van der Waals surface area contributed by atoms with Crippen LogP contribution in [-0.4, -0.2) is 23.8 Å². The fourth-order valence-corrected chi connectivity index (χ4v) is 2.14. The Morgan fingerprint density at radius 1 is 0.917 bits per heavy atom. The third-order valence-electron chi connectivity index (χ3n) is 3.61. The topological polar surface area (TPSA) is 46.5 Å². The summed E-state index contributed by atoms with van der Waals surface area (Å²) in [7, 11) is 0. The first-order valence-corrected chi connectivity index (χ1v) is 9.46. The van der Waals surface area contributed by atoms with Crippen LogP contribution >= 0.6 is 0 Å². The average molecular weight is 337 g/mol. The Balaban J connectivity index is 3.43. The molecule has 1 atom stereocenters. The Bertz CT molecular complexity index is 369. The monoisotopic (exact) mass is 336 g/mol. The molecule has 24 heavy (non-hydrogen) atoms. The molecular weight excluding hydrogens is 300 g/mol. The van der Waals surface area contributed by atoms with Crippen molar-refractivity contribution in [3.05, 3.63) is 36.5 Å². The van der Waals surface area contributed by atoms with Crippen LogP contribution in [0.3, 0.4) is 0 Å². The summed E-state index contributed by atoms with van der Waals surface area (Å²) in [6.07, 6.45) is 23.2. The quantitative estimate of drug-likeness (QED) is 0.244. The Morgan fingerprint density at radius 2 is 1.46 bits per heavy atom. The number of rotatable bonds is 15. The number of esters is 1. The van der Waals surface area contributed by atoms with Gasteiger partial charge in [0.2, 0.25) is 0 Å². The van der Waals surface area contributed by atoms with E-state index in [2.05, 4.69) is 43.4 Å². The third-order valence-corrected chi connectivity index (χ3v) is 3.61. The lowest BCUT2D eigenvalue weighted by Crippen LogP contribution is -2.17. The average Bonchev–Trinajstić information content (AvgIpc) is 2.58. The zero-order chi connectivity index (χ0) is 17.9. The highest BCUT2D eigenvalue weighted by Gasteiger charge is 2.07. The number of carbonyl (C=O) groups is 1. The molecule has 0 aliphatic heterocycles. The predicted octanol–water partition coefficient (Wildman–Crippen LogP) is 5.50. The van der Waals surface area contributed by atoms with Crippen LogP contribution in [-0.2, 0) is 9.53 Å². The number of unbranched alkanes of at least 4 members (excludes halogenated alkanes) is 5. The van der Waals surface area contributed by atoms with Gasteiger partial charge in [0.05, 0.1) is 6.61 Å². The van der Waals surface area contributed by atoms with Gasteiger partial charge >= 0.3 is 5.97 Å². The van der Waals surface area contributed by atoms with Crippen molar-refractivity contribution < 1.29 is 14.6 Å². The minimum absolute atomic E-state index is 0.114. The van der Waals surface area contributed by atoms with E-state index >= 15 is 0 Å². The Labute approximate surface area is 148 Å². The molecule has 0 spiro atoms. The van der Waals surface area contributed by atoms with Crippen LogP contribution in [0.4, 0.5) is 0 Å². The standard InChI is InChI=1S/C21H36O3/c1-3-4-5-6-7-8-9-10-11-12-13-14-15-16-17-18-21(23)24-20(2)19-22/h7-8,10-11,13-14,20,22H,3-6,9,12,15-19H2,1-2H3/t20-/m0/s1. The Kier molecular flexibility index (Phi) is 17.0. The van der Waals surface area contributed by atoms with Gasteiger partial charge in [-0.3, -0.25) is 4.79 Å². The van der Waals surface area contributed by atoms with Gasteiger partial charge in [-0.1, -0.05) is 56.2 Å². The maximum atomic E-state index is 11.4. The van der Waals surface area contributed by atoms with Crippen LogP contribution in [0.5, 0.6) is 0 Å². The fraction of sp³-hybridized carbons (Fsp3) is 0.667. The van der Waals surface area contributed by atoms with Crippen LogP contribution < -0.4 is 0 Å². The normalized spacial score (nSPS) is 13.3. The van der Waals surface area contributed by atoms with Gasteiger partial charge in [0.15, 0.2) is 0 Å². The first-order valence-electron chi connectivity index (χ1n) is 9.46. The number of hydrogen-bond acceptors (Lipinski definition) is 3. The molecule has 0 saturated heterocycles. The zero-order valence-corrected chi connectivity index (χ0v) is 15.6. The van der Waals surface area contributed by atoms with E-state index in [9.17, 15) is 4.79 Å². The number of allylic oxidation sites excluding steroid dienone is 6. The molecule has 0 bridgehead atoms. The van der Waals surface area contributed by atoms with Crippen LogP contribution in [0, 0.1) is 0 Å². The minimum atomic E-state index is -0.393. The molecule has 0 rings (SSSR count). The van der Waals surface area contributed by atoms with E-state index in [4.69, 9.17) is 9.84 Å². The van der Waals surface area contributed by atoms with Gasteiger partial charge in [0.25, 0.3) is 0 Å². The van der Waals surface area contributed by atoms with Crippen LogP contribution in [0.25, 0.3) is 0 Å². The summed E-state index contributed by atoms with van der Waals surface area (Å²) in [6, 6.07) is 0. The SMILES string of the molecule is CCCCCC=CCC=CCC=CCCCCC(=O)O[C@@H](C)CO. The molecule has 0 saturated carbocycles. The van der Waals surface area contributed by atoms with Crippen molar-refractivity contribution in [2.45, 2.75) is 84.2 Å². The molecule has 0 aromatic carbocycles. The molecule has 0 amide bonds. The highest BCUT2D eigenvalue weighted by atomic mass is 16.5. The number of carbonyl (C=O) groups excluding carboxylic acids is 1. The van der Waals surface area contributed by atoms with Gasteiger partial charge in [0.1, 0.15) is 6.10 Å². The number of ether oxygens (including phenoxy) is 1. The maximum absolute atomic E-state index is 11.4. The van der Waals surface area contributed by atoms with Gasteiger partial charge in [-0.05, 0) is 51.9 Å². The summed E-state index contributed by atoms with van der Waals surface area (Å²) in [5, 5.41) is 8.79. The molecule has 0 aliphatic carbocycles. The molecule has 3 nitrogen and oxygen atoms in total. The van der Waals surface area contributed by atoms with Crippen molar-refractivity contribution in [3.8, 4) is 0 Å². The van der Waals surface area contributed by atoms with Gasteiger partial charge in [-0.15, -0.1) is 0 Å². The van der Waals surface area contributed by atoms with Crippen molar-refractivity contribution in [1.29, 1.82) is 0 Å². The summed E-state index contributed by atoms with van der Waals surface area (Å²) < 4.78 is 5.00. The first kappa shape index (κ1) is 22.6. The van der Waals surface area contributed by atoms with Gasteiger partial charge in [0, 0.05) is 6.42 Å². The molecule has 0 fully saturated rings. The highest BCUT2D eigenvalue weighted by molar-refractivity contribution is 5.69. The zero-order valence-electron chi connectivity index (χ0n) is 15.6. The summed E-state index contributed by atoms with van der Waals surface area (Å²) in [4.78, 5) is 11.4. The van der Waals surface area contributed by atoms with E-state index < -0.39 is 6.10 Å². The second kappa shape index (κ2) is 18.0. The lowest BCUT2D eigenvalue weighted by atomic mass is 10.1. The van der Waals surface area contributed by atoms with E-state index in [0.717, 1.165) is 32.1 Å². The molecule has 0 aromatic heterocycles. The largest absolute Gasteiger partial charge is 0.460 e. The van der Waals surface area contributed by atoms with Crippen LogP contribution in [0.1, 0.15) is 78.1 Å². The summed E-state index contributed by atoms with van der Waals surface area (Å²) >= 11 is 0. The fourth-order valence-electron chi connectivity index (χ4n) is 2.14. The maximum Gasteiger partial charge on any atom is 0.306 e. The third kappa shape index (κ3) is 17.0. The van der Waals surface area contributed by atoms with Crippen molar-refractivity contribution in [1.82, 2.24) is 0 Å². The molecule has 0 radical (unpaired) electrons. The molecule has 0 aromatic rings. The molecular formula is C21H36O3. The number of aliphatic hydroxyl groups excluding tert-OH is 1. The van der Waals surface area contributed by atoms with E-state index in [-0.39, 0.29) is 12.6 Å². The molecule has 0 heterocycles. The smallest absolute Gasteiger partial charge is 0.306 e. The summed E-state index contributed by atoms with van der Waals surface area (Å²) in [6.45, 7) is 3.81. The van der Waals surface area contributed by atoms with E-state index in [1.807, 2.05) is 0 Å². The predicted molar refractivity (Wildman–Crippen MR) is 102 cm³/mol. The Morgan fingerprint density at radius 3 is 2.00 bits per heavy atom. The minimum Gasteiger partial charge on any atom is -0.460 e. The molecule has 0 aliphatic rings. The lowest BCUT2D eigenvalue weighted by molar-refractivity contribution is -0.150. The second-order valence-electron chi connectivity index (χ2n) is 6.11. The van der Waals surface area contributed by atoms with Crippen LogP contribution in [0.15, 0.2) is 36.5 Å². The molecule has 138 valence electrons. The lowest BCUT2D eigenvalue weighted by Gasteiger charge is -2.09. The van der Waals surface area contributed by atoms with Crippen molar-refractivity contribution in [3.63, 3.8) is 0 Å².